The van der Waals surface area contributed by atoms with Crippen LogP contribution in [0.2, 0.25) is 0 Å². The van der Waals surface area contributed by atoms with Crippen LogP contribution in [0.15, 0.2) is 29.2 Å². The highest BCUT2D eigenvalue weighted by Crippen LogP contribution is 2.36. The number of nitro groups is 1. The van der Waals surface area contributed by atoms with Crippen molar-refractivity contribution in [3.63, 3.8) is 0 Å². The second-order valence-corrected chi connectivity index (χ2v) is 6.22. The van der Waals surface area contributed by atoms with Crippen LogP contribution in [0, 0.1) is 23.0 Å². The molecule has 0 fully saturated rings. The molecular weight excluding hydrogens is 292 g/mol. The van der Waals surface area contributed by atoms with E-state index in [2.05, 4.69) is 18.0 Å². The number of nitrogens with one attached hydrogen (secondary N) is 1. The van der Waals surface area contributed by atoms with Crippen LogP contribution < -0.4 is 5.43 Å². The molecule has 23 heavy (non-hydrogen) atoms. The normalized spacial score (nSPS) is 18.0. The molecule has 1 aliphatic carbocycles. The Bertz CT molecular complexity index is 864. The van der Waals surface area contributed by atoms with Gasteiger partial charge < -0.3 is 4.98 Å². The van der Waals surface area contributed by atoms with Gasteiger partial charge in [0.1, 0.15) is 5.39 Å². The van der Waals surface area contributed by atoms with Crippen molar-refractivity contribution in [1.82, 2.24) is 4.98 Å². The van der Waals surface area contributed by atoms with Crippen LogP contribution in [-0.2, 0) is 0 Å². The standard InChI is InChI=1S/C18H20N2O3/c1-3-12-4-6-13(7-5-12)14-8-9-15(20(22)23)16-17(14)19-10-11(2)18(16)21/h6,8-10,12H,3-5,7H2,1-2H3,(H,19,21). The van der Waals surface area contributed by atoms with Crippen LogP contribution in [0.5, 0.6) is 0 Å². The smallest absolute Gasteiger partial charge is 0.282 e. The van der Waals surface area contributed by atoms with Crippen molar-refractivity contribution in [3.05, 3.63) is 55.9 Å². The number of benzene rings is 1. The Labute approximate surface area is 134 Å². The van der Waals surface area contributed by atoms with E-state index in [-0.39, 0.29) is 16.5 Å². The zero-order chi connectivity index (χ0) is 16.6. The molecule has 5 heteroatoms. The molecule has 120 valence electrons. The minimum absolute atomic E-state index is 0.128. The maximum atomic E-state index is 12.4. The van der Waals surface area contributed by atoms with Crippen LogP contribution >= 0.6 is 0 Å². The molecule has 0 amide bonds. The highest BCUT2D eigenvalue weighted by Gasteiger charge is 2.22. The van der Waals surface area contributed by atoms with E-state index in [1.807, 2.05) is 0 Å². The van der Waals surface area contributed by atoms with E-state index in [0.717, 1.165) is 24.8 Å². The van der Waals surface area contributed by atoms with E-state index in [1.54, 1.807) is 19.2 Å². The number of nitro benzene ring substituents is 1. The van der Waals surface area contributed by atoms with Crippen LogP contribution in [0.25, 0.3) is 16.5 Å². The molecule has 3 rings (SSSR count). The van der Waals surface area contributed by atoms with E-state index in [0.29, 0.717) is 17.0 Å². The van der Waals surface area contributed by atoms with Gasteiger partial charge in [-0.3, -0.25) is 14.9 Å². The number of aryl methyl sites for hydroxylation is 1. The van der Waals surface area contributed by atoms with Gasteiger partial charge in [-0.25, -0.2) is 0 Å². The summed E-state index contributed by atoms with van der Waals surface area (Å²) < 4.78 is 0. The van der Waals surface area contributed by atoms with Gasteiger partial charge in [0.05, 0.1) is 10.4 Å². The van der Waals surface area contributed by atoms with Gasteiger partial charge in [-0.05, 0) is 43.7 Å². The molecule has 1 atom stereocenters. The minimum Gasteiger partial charge on any atom is -0.360 e. The largest absolute Gasteiger partial charge is 0.360 e. The van der Waals surface area contributed by atoms with Crippen LogP contribution in [0.3, 0.4) is 0 Å². The Balaban J connectivity index is 2.23. The second-order valence-electron chi connectivity index (χ2n) is 6.22. The number of H-pyrrole nitrogens is 1. The Morgan fingerprint density at radius 1 is 1.39 bits per heavy atom. The molecule has 1 aliphatic rings. The monoisotopic (exact) mass is 312 g/mol. The van der Waals surface area contributed by atoms with Crippen molar-refractivity contribution >= 4 is 22.2 Å². The summed E-state index contributed by atoms with van der Waals surface area (Å²) in [6, 6.07) is 3.23. The first-order valence-electron chi connectivity index (χ1n) is 8.01. The third-order valence-electron chi connectivity index (χ3n) is 4.84. The van der Waals surface area contributed by atoms with Crippen molar-refractivity contribution in [1.29, 1.82) is 0 Å². The van der Waals surface area contributed by atoms with Crippen LogP contribution in [-0.4, -0.2) is 9.91 Å². The fourth-order valence-corrected chi connectivity index (χ4v) is 3.34. The van der Waals surface area contributed by atoms with E-state index in [9.17, 15) is 14.9 Å². The molecule has 0 saturated carbocycles. The Hall–Kier alpha value is -2.43. The molecule has 2 aromatic rings. The average Bonchev–Trinajstić information content (AvgIpc) is 2.57. The third-order valence-corrected chi connectivity index (χ3v) is 4.84. The lowest BCUT2D eigenvalue weighted by Crippen LogP contribution is -2.11. The maximum Gasteiger partial charge on any atom is 0.282 e. The van der Waals surface area contributed by atoms with Crippen LogP contribution in [0.1, 0.15) is 43.7 Å². The first kappa shape index (κ1) is 15.5. The summed E-state index contributed by atoms with van der Waals surface area (Å²) >= 11 is 0. The molecule has 1 aromatic carbocycles. The number of pyridine rings is 1. The van der Waals surface area contributed by atoms with E-state index in [1.165, 1.54) is 18.1 Å². The van der Waals surface area contributed by atoms with Gasteiger partial charge >= 0.3 is 0 Å². The number of allylic oxidation sites excluding steroid dienone is 2. The summed E-state index contributed by atoms with van der Waals surface area (Å²) in [5, 5.41) is 11.5. The first-order valence-corrected chi connectivity index (χ1v) is 8.01. The Kier molecular flexibility index (Phi) is 4.03. The summed E-state index contributed by atoms with van der Waals surface area (Å²) in [6.45, 7) is 3.87. The average molecular weight is 312 g/mol. The van der Waals surface area contributed by atoms with Crippen molar-refractivity contribution in [2.24, 2.45) is 5.92 Å². The molecule has 5 nitrogen and oxygen atoms in total. The molecule has 1 unspecified atom stereocenters. The lowest BCUT2D eigenvalue weighted by Gasteiger charge is -2.21. The highest BCUT2D eigenvalue weighted by atomic mass is 16.6. The number of non-ortho nitro benzene ring substituents is 1. The predicted octanol–water partition coefficient (Wildman–Crippen LogP) is 4.34. The van der Waals surface area contributed by atoms with Gasteiger partial charge in [-0.15, -0.1) is 0 Å². The van der Waals surface area contributed by atoms with Gasteiger partial charge in [0.2, 0.25) is 0 Å². The number of hydrogen-bond donors (Lipinski definition) is 1. The number of nitrogens with zero attached hydrogens (tertiary/aromatic N) is 1. The molecule has 0 aliphatic heterocycles. The molecule has 1 heterocycles. The second kappa shape index (κ2) is 5.99. The summed E-state index contributed by atoms with van der Waals surface area (Å²) in [6.07, 6.45) is 8.12. The van der Waals surface area contributed by atoms with Crippen LogP contribution in [0.4, 0.5) is 5.69 Å². The summed E-state index contributed by atoms with van der Waals surface area (Å²) in [5.41, 5.74) is 2.76. The Morgan fingerprint density at radius 3 is 2.78 bits per heavy atom. The van der Waals surface area contributed by atoms with E-state index >= 15 is 0 Å². The predicted molar refractivity (Wildman–Crippen MR) is 91.6 cm³/mol. The molecular formula is C18H20N2O3. The summed E-state index contributed by atoms with van der Waals surface area (Å²) in [7, 11) is 0. The van der Waals surface area contributed by atoms with Crippen molar-refractivity contribution in [2.75, 3.05) is 0 Å². The number of aromatic amines is 1. The van der Waals surface area contributed by atoms with E-state index < -0.39 is 4.92 Å². The summed E-state index contributed by atoms with van der Waals surface area (Å²) in [5.74, 6) is 0.712. The van der Waals surface area contributed by atoms with E-state index in [4.69, 9.17) is 0 Å². The molecule has 0 radical (unpaired) electrons. The number of hydrogen-bond acceptors (Lipinski definition) is 3. The van der Waals surface area contributed by atoms with Gasteiger partial charge in [0, 0.05) is 23.4 Å². The Morgan fingerprint density at radius 2 is 2.17 bits per heavy atom. The number of rotatable bonds is 3. The zero-order valence-corrected chi connectivity index (χ0v) is 13.4. The lowest BCUT2D eigenvalue weighted by atomic mass is 9.84. The van der Waals surface area contributed by atoms with Gasteiger partial charge in [0.25, 0.3) is 5.69 Å². The summed E-state index contributed by atoms with van der Waals surface area (Å²) in [4.78, 5) is 26.3. The van der Waals surface area contributed by atoms with Gasteiger partial charge in [-0.1, -0.05) is 19.4 Å². The molecule has 0 saturated heterocycles. The lowest BCUT2D eigenvalue weighted by molar-refractivity contribution is -0.383. The molecule has 1 aromatic heterocycles. The fourth-order valence-electron chi connectivity index (χ4n) is 3.34. The van der Waals surface area contributed by atoms with Crippen molar-refractivity contribution in [3.8, 4) is 0 Å². The van der Waals surface area contributed by atoms with Crippen molar-refractivity contribution < 1.29 is 4.92 Å². The quantitative estimate of drug-likeness (QED) is 0.676. The number of fused-ring (bicyclic) bond motifs is 1. The zero-order valence-electron chi connectivity index (χ0n) is 13.4. The highest BCUT2D eigenvalue weighted by molar-refractivity contribution is 5.96. The molecule has 0 bridgehead atoms. The topological polar surface area (TPSA) is 76.0 Å². The SMILES string of the molecule is CCC1CC=C(c2ccc([N+](=O)[O-])c3c(=O)c(C)c[nH]c23)CC1. The van der Waals surface area contributed by atoms with Gasteiger partial charge in [0.15, 0.2) is 5.43 Å². The van der Waals surface area contributed by atoms with Gasteiger partial charge in [-0.2, -0.15) is 0 Å². The maximum absolute atomic E-state index is 12.4. The minimum atomic E-state index is -0.483. The first-order chi connectivity index (χ1) is 11.0. The fraction of sp³-hybridized carbons (Fsp3) is 0.389. The third kappa shape index (κ3) is 2.67. The molecule has 1 N–H and O–H groups in total. The van der Waals surface area contributed by atoms with Crippen molar-refractivity contribution in [2.45, 2.75) is 39.5 Å². The molecule has 0 spiro atoms. The number of aromatic nitrogens is 1.